The van der Waals surface area contributed by atoms with E-state index in [1.54, 1.807) is 30.3 Å². The van der Waals surface area contributed by atoms with Gasteiger partial charge in [0.25, 0.3) is 0 Å². The smallest absolute Gasteiger partial charge is 0.184 e. The Kier molecular flexibility index (Phi) is 4.20. The van der Waals surface area contributed by atoms with Crippen LogP contribution in [0.5, 0.6) is 5.75 Å². The van der Waals surface area contributed by atoms with Crippen LogP contribution in [0.2, 0.25) is 5.02 Å². The molecule has 0 aromatic heterocycles. The molecule has 0 aliphatic carbocycles. The van der Waals surface area contributed by atoms with Crippen molar-refractivity contribution < 1.29 is 13.2 Å². The van der Waals surface area contributed by atoms with Crippen molar-refractivity contribution in [3.8, 4) is 5.75 Å². The van der Waals surface area contributed by atoms with Gasteiger partial charge in [-0.25, -0.2) is 8.42 Å². The van der Waals surface area contributed by atoms with Gasteiger partial charge in [-0.15, -0.1) is 0 Å². The summed E-state index contributed by atoms with van der Waals surface area (Å²) in [6.07, 6.45) is 0. The van der Waals surface area contributed by atoms with E-state index in [1.807, 2.05) is 0 Å². The molecular formula is C14H14ClNO3S. The predicted octanol–water partition coefficient (Wildman–Crippen LogP) is 2.90. The van der Waals surface area contributed by atoms with Crippen molar-refractivity contribution in [3.05, 3.63) is 53.1 Å². The zero-order valence-corrected chi connectivity index (χ0v) is 12.4. The number of anilines is 1. The van der Waals surface area contributed by atoms with Crippen LogP contribution < -0.4 is 10.5 Å². The zero-order valence-electron chi connectivity index (χ0n) is 10.8. The van der Waals surface area contributed by atoms with Gasteiger partial charge in [0.05, 0.1) is 23.4 Å². The summed E-state index contributed by atoms with van der Waals surface area (Å²) in [6.45, 7) is 0. The zero-order chi connectivity index (χ0) is 14.8. The van der Waals surface area contributed by atoms with Gasteiger partial charge in [-0.2, -0.15) is 0 Å². The third kappa shape index (κ3) is 3.05. The molecule has 0 radical (unpaired) electrons. The fraction of sp³-hybridized carbons (Fsp3) is 0.143. The lowest BCUT2D eigenvalue weighted by atomic mass is 10.2. The van der Waals surface area contributed by atoms with Crippen molar-refractivity contribution in [3.63, 3.8) is 0 Å². The van der Waals surface area contributed by atoms with E-state index in [4.69, 9.17) is 22.1 Å². The number of methoxy groups -OCH3 is 1. The first kappa shape index (κ1) is 14.7. The number of sulfone groups is 1. The Morgan fingerprint density at radius 3 is 2.55 bits per heavy atom. The molecule has 0 bridgehead atoms. The topological polar surface area (TPSA) is 69.4 Å². The Balaban J connectivity index is 2.43. The van der Waals surface area contributed by atoms with Gasteiger partial charge in [0.15, 0.2) is 9.84 Å². The SMILES string of the molecule is COc1ccc(N)c(S(=O)(=O)Cc2ccccc2Cl)c1. The summed E-state index contributed by atoms with van der Waals surface area (Å²) < 4.78 is 29.9. The lowest BCUT2D eigenvalue weighted by Gasteiger charge is -2.10. The van der Waals surface area contributed by atoms with Gasteiger partial charge < -0.3 is 10.5 Å². The molecule has 2 aromatic carbocycles. The standard InChI is InChI=1S/C14H14ClNO3S/c1-19-11-6-7-13(16)14(8-11)20(17,18)9-10-4-2-3-5-12(10)15/h2-8H,9,16H2,1H3. The van der Waals surface area contributed by atoms with E-state index in [1.165, 1.54) is 19.2 Å². The molecule has 0 aliphatic heterocycles. The molecule has 0 saturated heterocycles. The van der Waals surface area contributed by atoms with E-state index < -0.39 is 9.84 Å². The molecule has 2 N–H and O–H groups in total. The highest BCUT2D eigenvalue weighted by Crippen LogP contribution is 2.28. The summed E-state index contributed by atoms with van der Waals surface area (Å²) in [7, 11) is -2.12. The molecule has 4 nitrogen and oxygen atoms in total. The van der Waals surface area contributed by atoms with Gasteiger partial charge in [0.1, 0.15) is 5.75 Å². The number of hydrogen-bond acceptors (Lipinski definition) is 4. The van der Waals surface area contributed by atoms with Crippen LogP contribution in [0.3, 0.4) is 0 Å². The highest BCUT2D eigenvalue weighted by molar-refractivity contribution is 7.90. The summed E-state index contributed by atoms with van der Waals surface area (Å²) in [5.74, 6) is 0.237. The fourth-order valence-corrected chi connectivity index (χ4v) is 3.63. The van der Waals surface area contributed by atoms with Crippen LogP contribution in [0.15, 0.2) is 47.4 Å². The number of nitrogen functional groups attached to an aromatic ring is 1. The van der Waals surface area contributed by atoms with Crippen LogP contribution in [-0.4, -0.2) is 15.5 Å². The second-order valence-electron chi connectivity index (χ2n) is 4.25. The average molecular weight is 312 g/mol. The van der Waals surface area contributed by atoms with E-state index in [2.05, 4.69) is 0 Å². The first-order valence-corrected chi connectivity index (χ1v) is 7.87. The molecule has 0 atom stereocenters. The van der Waals surface area contributed by atoms with Crippen LogP contribution in [0.1, 0.15) is 5.56 Å². The summed E-state index contributed by atoms with van der Waals surface area (Å²) in [6, 6.07) is 11.4. The van der Waals surface area contributed by atoms with E-state index in [0.29, 0.717) is 16.3 Å². The van der Waals surface area contributed by atoms with Gasteiger partial charge in [-0.1, -0.05) is 29.8 Å². The second-order valence-corrected chi connectivity index (χ2v) is 6.62. The monoisotopic (exact) mass is 311 g/mol. The molecule has 0 unspecified atom stereocenters. The minimum Gasteiger partial charge on any atom is -0.497 e. The molecule has 20 heavy (non-hydrogen) atoms. The average Bonchev–Trinajstić information content (AvgIpc) is 2.41. The Bertz CT molecular complexity index is 729. The van der Waals surface area contributed by atoms with Gasteiger partial charge in [-0.05, 0) is 23.8 Å². The molecule has 0 spiro atoms. The molecule has 6 heteroatoms. The molecule has 2 rings (SSSR count). The fourth-order valence-electron chi connectivity index (χ4n) is 1.81. The third-order valence-corrected chi connectivity index (χ3v) is 4.94. The maximum Gasteiger partial charge on any atom is 0.184 e. The first-order chi connectivity index (χ1) is 9.44. The largest absolute Gasteiger partial charge is 0.497 e. The van der Waals surface area contributed by atoms with Gasteiger partial charge in [0.2, 0.25) is 0 Å². The number of hydrogen-bond donors (Lipinski definition) is 1. The quantitative estimate of drug-likeness (QED) is 0.881. The summed E-state index contributed by atoms with van der Waals surface area (Å²) in [4.78, 5) is 0.0526. The number of halogens is 1. The molecule has 2 aromatic rings. The maximum atomic E-state index is 12.4. The van der Waals surface area contributed by atoms with Gasteiger partial charge >= 0.3 is 0 Å². The van der Waals surface area contributed by atoms with Crippen molar-refractivity contribution in [2.24, 2.45) is 0 Å². The van der Waals surface area contributed by atoms with Crippen LogP contribution in [0, 0.1) is 0 Å². The van der Waals surface area contributed by atoms with Crippen molar-refractivity contribution in [1.29, 1.82) is 0 Å². The molecule has 0 fully saturated rings. The van der Waals surface area contributed by atoms with E-state index >= 15 is 0 Å². The predicted molar refractivity (Wildman–Crippen MR) is 79.7 cm³/mol. The van der Waals surface area contributed by atoms with Gasteiger partial charge in [0, 0.05) is 11.1 Å². The van der Waals surface area contributed by atoms with E-state index in [-0.39, 0.29) is 16.3 Å². The third-order valence-electron chi connectivity index (χ3n) is 2.86. The minimum absolute atomic E-state index is 0.0526. The van der Waals surface area contributed by atoms with Crippen molar-refractivity contribution >= 4 is 27.1 Å². The van der Waals surface area contributed by atoms with Crippen LogP contribution in [0.4, 0.5) is 5.69 Å². The number of rotatable bonds is 4. The van der Waals surface area contributed by atoms with E-state index in [9.17, 15) is 8.42 Å². The Morgan fingerprint density at radius 1 is 1.20 bits per heavy atom. The number of benzene rings is 2. The lowest BCUT2D eigenvalue weighted by Crippen LogP contribution is -2.08. The summed E-state index contributed by atoms with van der Waals surface area (Å²) in [5.41, 5.74) is 6.49. The molecule has 0 heterocycles. The first-order valence-electron chi connectivity index (χ1n) is 5.84. The molecule has 0 amide bonds. The summed E-state index contributed by atoms with van der Waals surface area (Å²) >= 11 is 6.00. The molecule has 106 valence electrons. The molecule has 0 saturated carbocycles. The lowest BCUT2D eigenvalue weighted by molar-refractivity contribution is 0.413. The Morgan fingerprint density at radius 2 is 1.90 bits per heavy atom. The number of ether oxygens (including phenoxy) is 1. The van der Waals surface area contributed by atoms with Crippen LogP contribution in [-0.2, 0) is 15.6 Å². The molecular weight excluding hydrogens is 298 g/mol. The van der Waals surface area contributed by atoms with Crippen molar-refractivity contribution in [1.82, 2.24) is 0 Å². The normalized spacial score (nSPS) is 11.3. The number of nitrogens with two attached hydrogens (primary N) is 1. The Hall–Kier alpha value is -1.72. The van der Waals surface area contributed by atoms with Crippen molar-refractivity contribution in [2.45, 2.75) is 10.6 Å². The Labute approximate surface area is 123 Å². The van der Waals surface area contributed by atoms with Crippen LogP contribution >= 0.6 is 11.6 Å². The van der Waals surface area contributed by atoms with Crippen LogP contribution in [0.25, 0.3) is 0 Å². The van der Waals surface area contributed by atoms with Crippen molar-refractivity contribution in [2.75, 3.05) is 12.8 Å². The maximum absolute atomic E-state index is 12.4. The summed E-state index contributed by atoms with van der Waals surface area (Å²) in [5, 5.41) is 0.414. The minimum atomic E-state index is -3.59. The molecule has 0 aliphatic rings. The van der Waals surface area contributed by atoms with E-state index in [0.717, 1.165) is 0 Å². The second kappa shape index (κ2) is 5.73. The highest BCUT2D eigenvalue weighted by atomic mass is 35.5. The highest BCUT2D eigenvalue weighted by Gasteiger charge is 2.20. The van der Waals surface area contributed by atoms with Gasteiger partial charge in [-0.3, -0.25) is 0 Å².